The average Bonchev–Trinajstić information content (AvgIpc) is 2.67. The number of para-hydroxylation sites is 1. The van der Waals surface area contributed by atoms with Crippen molar-refractivity contribution in [2.75, 3.05) is 0 Å². The van der Waals surface area contributed by atoms with Crippen molar-refractivity contribution in [3.05, 3.63) is 35.6 Å². The molecule has 2 aromatic rings. The molecular formula is C16H19ClO. The van der Waals surface area contributed by atoms with Crippen LogP contribution in [0.1, 0.15) is 49.3 Å². The summed E-state index contributed by atoms with van der Waals surface area (Å²) < 4.78 is 6.08. The molecule has 0 amide bonds. The first kappa shape index (κ1) is 12.1. The van der Waals surface area contributed by atoms with E-state index in [9.17, 15) is 0 Å². The predicted octanol–water partition coefficient (Wildman–Crippen LogP) is 5.40. The van der Waals surface area contributed by atoms with E-state index >= 15 is 0 Å². The monoisotopic (exact) mass is 262 g/mol. The third-order valence-electron chi connectivity index (χ3n) is 4.02. The molecule has 1 nitrogen and oxygen atoms in total. The lowest BCUT2D eigenvalue weighted by molar-refractivity contribution is 0.456. The van der Waals surface area contributed by atoms with E-state index in [0.717, 1.165) is 24.2 Å². The van der Waals surface area contributed by atoms with Crippen LogP contribution < -0.4 is 0 Å². The average molecular weight is 263 g/mol. The molecule has 0 N–H and O–H groups in total. The normalized spacial score (nSPS) is 25.2. The Morgan fingerprint density at radius 1 is 1.22 bits per heavy atom. The summed E-state index contributed by atoms with van der Waals surface area (Å²) in [7, 11) is 0. The van der Waals surface area contributed by atoms with Gasteiger partial charge in [0.2, 0.25) is 0 Å². The summed E-state index contributed by atoms with van der Waals surface area (Å²) in [5, 5.41) is 1.53. The van der Waals surface area contributed by atoms with E-state index in [0.29, 0.717) is 11.3 Å². The van der Waals surface area contributed by atoms with Gasteiger partial charge in [0.05, 0.1) is 0 Å². The van der Waals surface area contributed by atoms with Gasteiger partial charge in [-0.05, 0) is 37.8 Å². The van der Waals surface area contributed by atoms with Crippen LogP contribution in [0, 0.1) is 6.92 Å². The Kier molecular flexibility index (Phi) is 3.34. The Balaban J connectivity index is 1.95. The van der Waals surface area contributed by atoms with E-state index in [-0.39, 0.29) is 0 Å². The van der Waals surface area contributed by atoms with Gasteiger partial charge in [-0.3, -0.25) is 0 Å². The number of halogens is 1. The first-order valence-corrected chi connectivity index (χ1v) is 7.31. The molecule has 0 aliphatic heterocycles. The second-order valence-corrected chi connectivity index (χ2v) is 6.07. The molecule has 96 valence electrons. The van der Waals surface area contributed by atoms with Crippen LogP contribution in [0.2, 0.25) is 0 Å². The molecule has 0 bridgehead atoms. The predicted molar refractivity (Wildman–Crippen MR) is 76.4 cm³/mol. The van der Waals surface area contributed by atoms with E-state index in [4.69, 9.17) is 16.0 Å². The van der Waals surface area contributed by atoms with Gasteiger partial charge in [-0.2, -0.15) is 0 Å². The highest BCUT2D eigenvalue weighted by atomic mass is 35.5. The van der Waals surface area contributed by atoms with Crippen LogP contribution in [0.3, 0.4) is 0 Å². The zero-order valence-electron chi connectivity index (χ0n) is 10.8. The molecular weight excluding hydrogens is 244 g/mol. The van der Waals surface area contributed by atoms with Gasteiger partial charge >= 0.3 is 0 Å². The third kappa shape index (κ3) is 2.29. The van der Waals surface area contributed by atoms with Gasteiger partial charge < -0.3 is 4.42 Å². The molecule has 2 unspecified atom stereocenters. The third-order valence-corrected chi connectivity index (χ3v) is 4.42. The highest BCUT2D eigenvalue weighted by molar-refractivity contribution is 6.20. The number of rotatable bonds is 1. The van der Waals surface area contributed by atoms with Gasteiger partial charge in [0.15, 0.2) is 0 Å². The van der Waals surface area contributed by atoms with Crippen molar-refractivity contribution in [1.82, 2.24) is 0 Å². The minimum absolute atomic E-state index is 0.312. The minimum Gasteiger partial charge on any atom is -0.461 e. The molecule has 1 aromatic carbocycles. The first-order valence-electron chi connectivity index (χ1n) is 6.87. The van der Waals surface area contributed by atoms with Gasteiger partial charge in [0.1, 0.15) is 11.3 Å². The van der Waals surface area contributed by atoms with Crippen molar-refractivity contribution >= 4 is 22.6 Å². The summed E-state index contributed by atoms with van der Waals surface area (Å²) in [5.41, 5.74) is 2.26. The number of hydrogen-bond donors (Lipinski definition) is 0. The summed E-state index contributed by atoms with van der Waals surface area (Å²) in [6.07, 6.45) is 5.94. The van der Waals surface area contributed by atoms with E-state index in [1.54, 1.807) is 0 Å². The van der Waals surface area contributed by atoms with Crippen LogP contribution in [0.5, 0.6) is 0 Å². The maximum atomic E-state index is 6.35. The highest BCUT2D eigenvalue weighted by Gasteiger charge is 2.23. The molecule has 0 spiro atoms. The zero-order chi connectivity index (χ0) is 12.5. The van der Waals surface area contributed by atoms with Crippen molar-refractivity contribution in [3.8, 4) is 0 Å². The fourth-order valence-corrected chi connectivity index (χ4v) is 3.36. The number of furan rings is 1. The van der Waals surface area contributed by atoms with Crippen LogP contribution in [-0.2, 0) is 0 Å². The van der Waals surface area contributed by atoms with E-state index in [1.807, 2.05) is 0 Å². The van der Waals surface area contributed by atoms with Crippen molar-refractivity contribution in [2.24, 2.45) is 0 Å². The quantitative estimate of drug-likeness (QED) is 0.496. The first-order chi connectivity index (χ1) is 8.74. The Bertz CT molecular complexity index is 543. The Hall–Kier alpha value is -0.950. The molecule has 1 aliphatic rings. The van der Waals surface area contributed by atoms with Gasteiger partial charge in [0.25, 0.3) is 0 Å². The minimum atomic E-state index is 0.312. The molecule has 1 aromatic heterocycles. The lowest BCUT2D eigenvalue weighted by Crippen LogP contribution is -2.03. The highest BCUT2D eigenvalue weighted by Crippen LogP contribution is 2.37. The summed E-state index contributed by atoms with van der Waals surface area (Å²) in [6.45, 7) is 2.10. The molecule has 2 atom stereocenters. The largest absolute Gasteiger partial charge is 0.461 e. The molecule has 0 saturated heterocycles. The SMILES string of the molecule is Cc1cccc2cc(C3CCCCC(Cl)C3)oc12. The van der Waals surface area contributed by atoms with Crippen molar-refractivity contribution in [1.29, 1.82) is 0 Å². The van der Waals surface area contributed by atoms with E-state index in [2.05, 4.69) is 31.2 Å². The molecule has 18 heavy (non-hydrogen) atoms. The fourth-order valence-electron chi connectivity index (χ4n) is 2.99. The Morgan fingerprint density at radius 3 is 2.89 bits per heavy atom. The number of hydrogen-bond acceptors (Lipinski definition) is 1. The maximum Gasteiger partial charge on any atom is 0.137 e. The number of benzene rings is 1. The van der Waals surface area contributed by atoms with Gasteiger partial charge in [-0.1, -0.05) is 31.0 Å². The van der Waals surface area contributed by atoms with Crippen molar-refractivity contribution < 1.29 is 4.42 Å². The molecule has 1 fully saturated rings. The van der Waals surface area contributed by atoms with Gasteiger partial charge in [-0.15, -0.1) is 11.6 Å². The summed E-state index contributed by atoms with van der Waals surface area (Å²) >= 11 is 6.35. The lowest BCUT2D eigenvalue weighted by Gasteiger charge is -2.12. The van der Waals surface area contributed by atoms with Crippen LogP contribution in [-0.4, -0.2) is 5.38 Å². The molecule has 2 heteroatoms. The molecule has 1 aliphatic carbocycles. The van der Waals surface area contributed by atoms with Gasteiger partial charge in [0, 0.05) is 16.7 Å². The molecule has 3 rings (SSSR count). The van der Waals surface area contributed by atoms with Crippen molar-refractivity contribution in [2.45, 2.75) is 50.3 Å². The Morgan fingerprint density at radius 2 is 2.06 bits per heavy atom. The van der Waals surface area contributed by atoms with Crippen LogP contribution in [0.4, 0.5) is 0 Å². The lowest BCUT2D eigenvalue weighted by atomic mass is 9.97. The molecule has 1 saturated carbocycles. The standard InChI is InChI=1S/C16H19ClO/c1-11-5-4-7-13-10-15(18-16(11)13)12-6-2-3-8-14(17)9-12/h4-5,7,10,12,14H,2-3,6,8-9H2,1H3. The van der Waals surface area contributed by atoms with Crippen LogP contribution in [0.15, 0.2) is 28.7 Å². The summed E-state index contributed by atoms with van der Waals surface area (Å²) in [4.78, 5) is 0. The molecule has 0 radical (unpaired) electrons. The van der Waals surface area contributed by atoms with Crippen LogP contribution >= 0.6 is 11.6 Å². The van der Waals surface area contributed by atoms with E-state index < -0.39 is 0 Å². The van der Waals surface area contributed by atoms with Gasteiger partial charge in [-0.25, -0.2) is 0 Å². The smallest absolute Gasteiger partial charge is 0.137 e. The number of alkyl halides is 1. The zero-order valence-corrected chi connectivity index (χ0v) is 11.5. The van der Waals surface area contributed by atoms with E-state index in [1.165, 1.54) is 30.2 Å². The second kappa shape index (κ2) is 4.97. The summed E-state index contributed by atoms with van der Waals surface area (Å²) in [6, 6.07) is 8.54. The number of aryl methyl sites for hydroxylation is 1. The molecule has 1 heterocycles. The van der Waals surface area contributed by atoms with Crippen LogP contribution in [0.25, 0.3) is 11.0 Å². The maximum absolute atomic E-state index is 6.35. The summed E-state index contributed by atoms with van der Waals surface area (Å²) in [5.74, 6) is 1.63. The van der Waals surface area contributed by atoms with Crippen molar-refractivity contribution in [3.63, 3.8) is 0 Å². The Labute approximate surface area is 113 Å². The fraction of sp³-hybridized carbons (Fsp3) is 0.500. The number of fused-ring (bicyclic) bond motifs is 1. The second-order valence-electron chi connectivity index (χ2n) is 5.46. The topological polar surface area (TPSA) is 13.1 Å².